The standard InChI is InChI=1S/C16H23N5O.2ClH/c1-4-7-17-8-9-18-16(22)14-5-6-15(19-11-14)21-13(3)10-12(2)20-21;;/h5-6,10-11,17H,4,7-9H2,1-3H3,(H,18,22);2*1H. The highest BCUT2D eigenvalue weighted by molar-refractivity contribution is 5.93. The molecular formula is C16H25Cl2N5O. The second-order valence-corrected chi connectivity index (χ2v) is 5.25. The van der Waals surface area contributed by atoms with Crippen molar-refractivity contribution in [3.8, 4) is 5.82 Å². The van der Waals surface area contributed by atoms with Crippen molar-refractivity contribution in [3.05, 3.63) is 41.3 Å². The highest BCUT2D eigenvalue weighted by Gasteiger charge is 2.08. The highest BCUT2D eigenvalue weighted by Crippen LogP contribution is 2.10. The molecule has 2 N–H and O–H groups in total. The van der Waals surface area contributed by atoms with E-state index in [1.807, 2.05) is 26.0 Å². The molecule has 0 aliphatic carbocycles. The Hall–Kier alpha value is -1.63. The molecule has 0 spiro atoms. The van der Waals surface area contributed by atoms with Crippen molar-refractivity contribution in [2.24, 2.45) is 0 Å². The number of aryl methyl sites for hydroxylation is 2. The van der Waals surface area contributed by atoms with Gasteiger partial charge in [0, 0.05) is 25.0 Å². The zero-order valence-corrected chi connectivity index (χ0v) is 15.8. The monoisotopic (exact) mass is 373 g/mol. The molecule has 0 radical (unpaired) electrons. The van der Waals surface area contributed by atoms with E-state index >= 15 is 0 Å². The second kappa shape index (κ2) is 11.0. The topological polar surface area (TPSA) is 71.8 Å². The van der Waals surface area contributed by atoms with E-state index in [2.05, 4.69) is 27.6 Å². The number of hydrogen-bond acceptors (Lipinski definition) is 4. The Bertz CT molecular complexity index is 628. The molecule has 24 heavy (non-hydrogen) atoms. The van der Waals surface area contributed by atoms with E-state index in [0.717, 1.165) is 30.9 Å². The zero-order valence-electron chi connectivity index (χ0n) is 14.2. The van der Waals surface area contributed by atoms with Crippen LogP contribution >= 0.6 is 24.8 Å². The largest absolute Gasteiger partial charge is 0.351 e. The predicted octanol–water partition coefficient (Wildman–Crippen LogP) is 2.46. The summed E-state index contributed by atoms with van der Waals surface area (Å²) in [6.07, 6.45) is 2.67. The van der Waals surface area contributed by atoms with E-state index in [9.17, 15) is 4.79 Å². The molecule has 0 saturated heterocycles. The van der Waals surface area contributed by atoms with E-state index in [4.69, 9.17) is 0 Å². The minimum atomic E-state index is -0.106. The van der Waals surface area contributed by atoms with E-state index in [1.54, 1.807) is 16.9 Å². The van der Waals surface area contributed by atoms with Gasteiger partial charge in [0.25, 0.3) is 5.91 Å². The van der Waals surface area contributed by atoms with Crippen LogP contribution in [-0.2, 0) is 0 Å². The number of nitrogens with zero attached hydrogens (tertiary/aromatic N) is 3. The predicted molar refractivity (Wildman–Crippen MR) is 101 cm³/mol. The average Bonchev–Trinajstić information content (AvgIpc) is 2.85. The Morgan fingerprint density at radius 2 is 1.92 bits per heavy atom. The number of aromatic nitrogens is 3. The smallest absolute Gasteiger partial charge is 0.252 e. The number of rotatable bonds is 7. The average molecular weight is 374 g/mol. The fourth-order valence-corrected chi connectivity index (χ4v) is 2.17. The van der Waals surface area contributed by atoms with Gasteiger partial charge in [0.05, 0.1) is 11.3 Å². The first-order valence-electron chi connectivity index (χ1n) is 7.60. The maximum Gasteiger partial charge on any atom is 0.252 e. The molecule has 2 aromatic rings. The highest BCUT2D eigenvalue weighted by atomic mass is 35.5. The third-order valence-electron chi connectivity index (χ3n) is 3.25. The first-order chi connectivity index (χ1) is 10.6. The number of carbonyl (C=O) groups is 1. The molecule has 0 aliphatic rings. The van der Waals surface area contributed by atoms with Gasteiger partial charge in [-0.1, -0.05) is 6.92 Å². The normalized spacial score (nSPS) is 9.79. The van der Waals surface area contributed by atoms with Crippen molar-refractivity contribution in [3.63, 3.8) is 0 Å². The van der Waals surface area contributed by atoms with Gasteiger partial charge >= 0.3 is 0 Å². The lowest BCUT2D eigenvalue weighted by Gasteiger charge is -2.07. The molecule has 134 valence electrons. The number of carbonyl (C=O) groups excluding carboxylic acids is 1. The van der Waals surface area contributed by atoms with Crippen LogP contribution in [0.15, 0.2) is 24.4 Å². The fourth-order valence-electron chi connectivity index (χ4n) is 2.17. The molecule has 6 nitrogen and oxygen atoms in total. The van der Waals surface area contributed by atoms with Crippen LogP contribution in [0.1, 0.15) is 35.1 Å². The van der Waals surface area contributed by atoms with Gasteiger partial charge < -0.3 is 10.6 Å². The number of nitrogens with one attached hydrogen (secondary N) is 2. The van der Waals surface area contributed by atoms with Crippen LogP contribution in [0.5, 0.6) is 0 Å². The van der Waals surface area contributed by atoms with Crippen molar-refractivity contribution in [1.29, 1.82) is 0 Å². The van der Waals surface area contributed by atoms with Crippen LogP contribution in [0.25, 0.3) is 5.82 Å². The molecule has 0 unspecified atom stereocenters. The molecule has 0 atom stereocenters. The third kappa shape index (κ3) is 6.11. The van der Waals surface area contributed by atoms with E-state index < -0.39 is 0 Å². The molecule has 2 aromatic heterocycles. The van der Waals surface area contributed by atoms with Crippen LogP contribution in [0, 0.1) is 13.8 Å². The molecule has 2 heterocycles. The Morgan fingerprint density at radius 1 is 1.17 bits per heavy atom. The first kappa shape index (κ1) is 22.4. The van der Waals surface area contributed by atoms with Crippen LogP contribution in [0.4, 0.5) is 0 Å². The van der Waals surface area contributed by atoms with Gasteiger partial charge in [-0.15, -0.1) is 24.8 Å². The zero-order chi connectivity index (χ0) is 15.9. The molecule has 0 aliphatic heterocycles. The second-order valence-electron chi connectivity index (χ2n) is 5.25. The van der Waals surface area contributed by atoms with Crippen molar-refractivity contribution in [1.82, 2.24) is 25.4 Å². The third-order valence-corrected chi connectivity index (χ3v) is 3.25. The summed E-state index contributed by atoms with van der Waals surface area (Å²) in [6, 6.07) is 5.57. The van der Waals surface area contributed by atoms with Crippen LogP contribution < -0.4 is 10.6 Å². The van der Waals surface area contributed by atoms with Crippen molar-refractivity contribution < 1.29 is 4.79 Å². The lowest BCUT2D eigenvalue weighted by Crippen LogP contribution is -2.32. The Balaban J connectivity index is 0.00000264. The maximum atomic E-state index is 12.0. The Labute approximate surface area is 155 Å². The summed E-state index contributed by atoms with van der Waals surface area (Å²) in [5.41, 5.74) is 2.52. The fraction of sp³-hybridized carbons (Fsp3) is 0.438. The lowest BCUT2D eigenvalue weighted by molar-refractivity contribution is 0.0953. The summed E-state index contributed by atoms with van der Waals surface area (Å²) < 4.78 is 1.77. The Kier molecular flexibility index (Phi) is 10.3. The Morgan fingerprint density at radius 3 is 2.46 bits per heavy atom. The molecule has 0 bridgehead atoms. The van der Waals surface area contributed by atoms with Crippen LogP contribution in [0.2, 0.25) is 0 Å². The number of hydrogen-bond donors (Lipinski definition) is 2. The number of halogens is 2. The molecule has 1 amide bonds. The summed E-state index contributed by atoms with van der Waals surface area (Å²) in [4.78, 5) is 16.3. The number of pyridine rings is 1. The van der Waals surface area contributed by atoms with Crippen molar-refractivity contribution in [2.75, 3.05) is 19.6 Å². The molecule has 0 saturated carbocycles. The molecule has 2 rings (SSSR count). The van der Waals surface area contributed by atoms with Gasteiger partial charge in [0.15, 0.2) is 5.82 Å². The summed E-state index contributed by atoms with van der Waals surface area (Å²) in [5, 5.41) is 10.5. The molecule has 0 fully saturated rings. The van der Waals surface area contributed by atoms with Gasteiger partial charge in [-0.2, -0.15) is 5.10 Å². The van der Waals surface area contributed by atoms with Crippen LogP contribution in [-0.4, -0.2) is 40.3 Å². The summed E-state index contributed by atoms with van der Waals surface area (Å²) in [5.74, 6) is 0.609. The van der Waals surface area contributed by atoms with Gasteiger partial charge in [-0.3, -0.25) is 4.79 Å². The van der Waals surface area contributed by atoms with E-state index in [1.165, 1.54) is 0 Å². The van der Waals surface area contributed by atoms with Crippen molar-refractivity contribution in [2.45, 2.75) is 27.2 Å². The number of amides is 1. The SMILES string of the molecule is CCCNCCNC(=O)c1ccc(-n2nc(C)cc2C)nc1.Cl.Cl. The van der Waals surface area contributed by atoms with Gasteiger partial charge in [0.1, 0.15) is 0 Å². The summed E-state index contributed by atoms with van der Waals surface area (Å²) >= 11 is 0. The summed E-state index contributed by atoms with van der Waals surface area (Å²) in [6.45, 7) is 8.38. The van der Waals surface area contributed by atoms with E-state index in [0.29, 0.717) is 17.9 Å². The van der Waals surface area contributed by atoms with Gasteiger partial charge in [-0.25, -0.2) is 9.67 Å². The molecule has 8 heteroatoms. The molecule has 0 aromatic carbocycles. The first-order valence-corrected chi connectivity index (χ1v) is 7.60. The van der Waals surface area contributed by atoms with E-state index in [-0.39, 0.29) is 30.7 Å². The summed E-state index contributed by atoms with van der Waals surface area (Å²) in [7, 11) is 0. The van der Waals surface area contributed by atoms with Gasteiger partial charge in [-0.05, 0) is 45.0 Å². The van der Waals surface area contributed by atoms with Crippen molar-refractivity contribution >= 4 is 30.7 Å². The van der Waals surface area contributed by atoms with Crippen LogP contribution in [0.3, 0.4) is 0 Å². The minimum Gasteiger partial charge on any atom is -0.351 e. The van der Waals surface area contributed by atoms with Gasteiger partial charge in [0.2, 0.25) is 0 Å². The molecular weight excluding hydrogens is 349 g/mol. The maximum absolute atomic E-state index is 12.0. The minimum absolute atomic E-state index is 0. The lowest BCUT2D eigenvalue weighted by atomic mass is 10.2. The quantitative estimate of drug-likeness (QED) is 0.731.